The van der Waals surface area contributed by atoms with Crippen molar-refractivity contribution in [3.63, 3.8) is 0 Å². The molecule has 92 valence electrons. The first-order valence-electron chi connectivity index (χ1n) is 4.89. The first-order chi connectivity index (χ1) is 8.08. The molecule has 0 aliphatic heterocycles. The van der Waals surface area contributed by atoms with E-state index in [0.717, 1.165) is 4.90 Å². The molecule has 0 atom stereocenters. The van der Waals surface area contributed by atoms with Crippen molar-refractivity contribution in [3.8, 4) is 0 Å². The van der Waals surface area contributed by atoms with Gasteiger partial charge in [-0.05, 0) is 18.2 Å². The number of carbonyl (C=O) groups is 2. The number of anilines is 1. The quantitative estimate of drug-likeness (QED) is 0.474. The third kappa shape index (κ3) is 3.67. The second kappa shape index (κ2) is 6.15. The number of nitrogen functional groups attached to an aromatic ring is 1. The molecule has 17 heavy (non-hydrogen) atoms. The Kier molecular flexibility index (Phi) is 4.84. The van der Waals surface area contributed by atoms with E-state index in [9.17, 15) is 9.59 Å². The molecule has 1 amide bonds. The Morgan fingerprint density at radius 3 is 2.71 bits per heavy atom. The van der Waals surface area contributed by atoms with Gasteiger partial charge in [0.25, 0.3) is 5.91 Å². The molecular formula is C11H14N2O3S. The smallest absolute Gasteiger partial charge is 0.315 e. The highest BCUT2D eigenvalue weighted by atomic mass is 32.2. The van der Waals surface area contributed by atoms with Crippen LogP contribution in [-0.4, -0.2) is 31.8 Å². The normalized spacial score (nSPS) is 9.76. The van der Waals surface area contributed by atoms with E-state index in [4.69, 9.17) is 5.73 Å². The minimum absolute atomic E-state index is 0.193. The van der Waals surface area contributed by atoms with Crippen LogP contribution in [0, 0.1) is 0 Å². The molecular weight excluding hydrogens is 240 g/mol. The van der Waals surface area contributed by atoms with Gasteiger partial charge >= 0.3 is 5.97 Å². The van der Waals surface area contributed by atoms with Crippen molar-refractivity contribution in [2.24, 2.45) is 0 Å². The average Bonchev–Trinajstić information content (AvgIpc) is 2.35. The van der Waals surface area contributed by atoms with Gasteiger partial charge in [0.1, 0.15) is 0 Å². The highest BCUT2D eigenvalue weighted by Gasteiger charge is 2.08. The number of methoxy groups -OCH3 is 1. The Labute approximate surface area is 104 Å². The molecule has 0 fully saturated rings. The second-order valence-electron chi connectivity index (χ2n) is 3.20. The van der Waals surface area contributed by atoms with E-state index in [-0.39, 0.29) is 17.6 Å². The number of nitrogens with one attached hydrogen (secondary N) is 1. The predicted molar refractivity (Wildman–Crippen MR) is 67.0 cm³/mol. The summed E-state index contributed by atoms with van der Waals surface area (Å²) in [5.41, 5.74) is 6.75. The van der Waals surface area contributed by atoms with Crippen molar-refractivity contribution in [2.45, 2.75) is 4.90 Å². The lowest BCUT2D eigenvalue weighted by atomic mass is 10.2. The van der Waals surface area contributed by atoms with Gasteiger partial charge in [0.05, 0.1) is 12.9 Å². The molecule has 1 rings (SSSR count). The van der Waals surface area contributed by atoms with E-state index in [2.05, 4.69) is 10.1 Å². The van der Waals surface area contributed by atoms with Crippen LogP contribution in [0.15, 0.2) is 23.1 Å². The second-order valence-corrected chi connectivity index (χ2v) is 4.21. The maximum atomic E-state index is 11.3. The zero-order chi connectivity index (χ0) is 12.8. The van der Waals surface area contributed by atoms with Crippen LogP contribution in [0.2, 0.25) is 0 Å². The topological polar surface area (TPSA) is 81.4 Å². The molecule has 0 saturated heterocycles. The number of ether oxygens (including phenoxy) is 1. The van der Waals surface area contributed by atoms with Crippen molar-refractivity contribution in [1.29, 1.82) is 0 Å². The van der Waals surface area contributed by atoms with Crippen LogP contribution >= 0.6 is 11.8 Å². The van der Waals surface area contributed by atoms with Gasteiger partial charge in [-0.2, -0.15) is 0 Å². The standard InChI is InChI=1S/C11H14N2O3S/c1-13-11(15)7-3-4-9(8(12)5-7)17-6-10(14)16-2/h3-5H,6,12H2,1-2H3,(H,13,15). The molecule has 0 unspecified atom stereocenters. The van der Waals surface area contributed by atoms with Crippen LogP contribution in [0.1, 0.15) is 10.4 Å². The first-order valence-corrected chi connectivity index (χ1v) is 5.88. The van der Waals surface area contributed by atoms with Gasteiger partial charge in [-0.25, -0.2) is 0 Å². The summed E-state index contributed by atoms with van der Waals surface area (Å²) in [6.45, 7) is 0. The van der Waals surface area contributed by atoms with Crippen molar-refractivity contribution in [3.05, 3.63) is 23.8 Å². The number of nitrogens with two attached hydrogens (primary N) is 1. The molecule has 0 radical (unpaired) electrons. The molecule has 0 saturated carbocycles. The molecule has 0 aliphatic carbocycles. The number of rotatable bonds is 4. The fraction of sp³-hybridized carbons (Fsp3) is 0.273. The third-order valence-corrected chi connectivity index (χ3v) is 3.14. The van der Waals surface area contributed by atoms with Crippen molar-refractivity contribution < 1.29 is 14.3 Å². The lowest BCUT2D eigenvalue weighted by molar-refractivity contribution is -0.137. The van der Waals surface area contributed by atoms with Gasteiger partial charge in [0.2, 0.25) is 0 Å². The summed E-state index contributed by atoms with van der Waals surface area (Å²) in [5, 5.41) is 2.51. The minimum Gasteiger partial charge on any atom is -0.468 e. The molecule has 6 heteroatoms. The van der Waals surface area contributed by atoms with Crippen LogP contribution < -0.4 is 11.1 Å². The molecule has 0 heterocycles. The van der Waals surface area contributed by atoms with Crippen LogP contribution in [0.3, 0.4) is 0 Å². The fourth-order valence-electron chi connectivity index (χ4n) is 1.16. The highest BCUT2D eigenvalue weighted by molar-refractivity contribution is 8.00. The molecule has 0 bridgehead atoms. The molecule has 3 N–H and O–H groups in total. The van der Waals surface area contributed by atoms with Crippen LogP contribution in [0.25, 0.3) is 0 Å². The fourth-order valence-corrected chi connectivity index (χ4v) is 1.94. The summed E-state index contributed by atoms with van der Waals surface area (Å²) in [6, 6.07) is 4.96. The number of hydrogen-bond donors (Lipinski definition) is 2. The van der Waals surface area contributed by atoms with Crippen LogP contribution in [0.4, 0.5) is 5.69 Å². The summed E-state index contributed by atoms with van der Waals surface area (Å²) in [4.78, 5) is 23.1. The Morgan fingerprint density at radius 1 is 1.47 bits per heavy atom. The number of benzene rings is 1. The van der Waals surface area contributed by atoms with Crippen molar-refractivity contribution in [1.82, 2.24) is 5.32 Å². The first kappa shape index (κ1) is 13.4. The zero-order valence-electron chi connectivity index (χ0n) is 9.65. The number of hydrogen-bond acceptors (Lipinski definition) is 5. The van der Waals surface area contributed by atoms with E-state index >= 15 is 0 Å². The van der Waals surface area contributed by atoms with E-state index in [1.54, 1.807) is 25.2 Å². The lowest BCUT2D eigenvalue weighted by Gasteiger charge is -2.06. The van der Waals surface area contributed by atoms with Crippen molar-refractivity contribution >= 4 is 29.3 Å². The van der Waals surface area contributed by atoms with Crippen LogP contribution in [0.5, 0.6) is 0 Å². The van der Waals surface area contributed by atoms with Gasteiger partial charge in [0.15, 0.2) is 0 Å². The zero-order valence-corrected chi connectivity index (χ0v) is 10.5. The van der Waals surface area contributed by atoms with Crippen LogP contribution in [-0.2, 0) is 9.53 Å². The minimum atomic E-state index is -0.315. The number of carbonyl (C=O) groups excluding carboxylic acids is 2. The number of esters is 1. The third-order valence-electron chi connectivity index (χ3n) is 2.07. The molecule has 0 spiro atoms. The Balaban J connectivity index is 2.76. The monoisotopic (exact) mass is 254 g/mol. The Bertz CT molecular complexity index is 435. The van der Waals surface area contributed by atoms with Crippen molar-refractivity contribution in [2.75, 3.05) is 25.6 Å². The number of amides is 1. The van der Waals surface area contributed by atoms with Gasteiger partial charge in [0, 0.05) is 23.2 Å². The van der Waals surface area contributed by atoms with Gasteiger partial charge in [-0.1, -0.05) is 0 Å². The lowest BCUT2D eigenvalue weighted by Crippen LogP contribution is -2.17. The summed E-state index contributed by atoms with van der Waals surface area (Å²) in [7, 11) is 2.89. The molecule has 0 aromatic heterocycles. The van der Waals surface area contributed by atoms with E-state index in [0.29, 0.717) is 11.3 Å². The Morgan fingerprint density at radius 2 is 2.18 bits per heavy atom. The summed E-state index contributed by atoms with van der Waals surface area (Å²) >= 11 is 1.28. The molecule has 1 aromatic carbocycles. The molecule has 5 nitrogen and oxygen atoms in total. The Hall–Kier alpha value is -1.69. The summed E-state index contributed by atoms with van der Waals surface area (Å²) in [5.74, 6) is -0.314. The van der Waals surface area contributed by atoms with Gasteiger partial charge in [-0.3, -0.25) is 9.59 Å². The van der Waals surface area contributed by atoms with E-state index < -0.39 is 0 Å². The highest BCUT2D eigenvalue weighted by Crippen LogP contribution is 2.25. The average molecular weight is 254 g/mol. The predicted octanol–water partition coefficient (Wildman–Crippen LogP) is 0.893. The molecule has 1 aromatic rings. The summed E-state index contributed by atoms with van der Waals surface area (Å²) < 4.78 is 4.53. The van der Waals surface area contributed by atoms with E-state index in [1.807, 2.05) is 0 Å². The number of thioether (sulfide) groups is 1. The maximum absolute atomic E-state index is 11.3. The van der Waals surface area contributed by atoms with Gasteiger partial charge in [-0.15, -0.1) is 11.8 Å². The summed E-state index contributed by atoms with van der Waals surface area (Å²) in [6.07, 6.45) is 0. The largest absolute Gasteiger partial charge is 0.468 e. The van der Waals surface area contributed by atoms with Gasteiger partial charge < -0.3 is 15.8 Å². The molecule has 0 aliphatic rings. The van der Waals surface area contributed by atoms with E-state index in [1.165, 1.54) is 18.9 Å². The SMILES string of the molecule is CNC(=O)c1ccc(SCC(=O)OC)c(N)c1. The maximum Gasteiger partial charge on any atom is 0.315 e.